The second-order valence-electron chi connectivity index (χ2n) is 4.70. The third kappa shape index (κ3) is 3.05. The van der Waals surface area contributed by atoms with Crippen molar-refractivity contribution in [3.63, 3.8) is 0 Å². The van der Waals surface area contributed by atoms with Crippen molar-refractivity contribution in [3.8, 4) is 0 Å². The Bertz CT molecular complexity index is 349. The Morgan fingerprint density at radius 2 is 2.11 bits per heavy atom. The summed E-state index contributed by atoms with van der Waals surface area (Å²) in [6, 6.07) is 0. The first-order chi connectivity index (χ1) is 8.21. The molecule has 1 rings (SSSR count). The highest BCUT2D eigenvalue weighted by Gasteiger charge is 2.52. The van der Waals surface area contributed by atoms with Crippen LogP contribution >= 0.6 is 0 Å². The van der Waals surface area contributed by atoms with Crippen molar-refractivity contribution in [2.75, 3.05) is 6.54 Å². The number of hydrogen-bond acceptors (Lipinski definition) is 3. The molecule has 4 N–H and O–H groups in total. The molecule has 104 valence electrons. The summed E-state index contributed by atoms with van der Waals surface area (Å²) >= 11 is 0. The molecule has 0 heterocycles. The van der Waals surface area contributed by atoms with E-state index in [1.165, 1.54) is 0 Å². The van der Waals surface area contributed by atoms with E-state index in [-0.39, 0.29) is 11.8 Å². The van der Waals surface area contributed by atoms with Crippen LogP contribution in [0.1, 0.15) is 26.2 Å². The van der Waals surface area contributed by atoms with Crippen LogP contribution in [0.5, 0.6) is 0 Å². The summed E-state index contributed by atoms with van der Waals surface area (Å²) in [5.74, 6) is -0.635. The van der Waals surface area contributed by atoms with Crippen molar-refractivity contribution in [2.45, 2.75) is 32.4 Å². The molecule has 8 heteroatoms. The molecule has 0 radical (unpaired) electrons. The van der Waals surface area contributed by atoms with Gasteiger partial charge in [-0.1, -0.05) is 12.1 Å². The molecule has 0 aromatic carbocycles. The van der Waals surface area contributed by atoms with Crippen molar-refractivity contribution < 1.29 is 23.2 Å². The molecule has 0 spiro atoms. The van der Waals surface area contributed by atoms with Crippen LogP contribution in [0, 0.1) is 11.3 Å². The van der Waals surface area contributed by atoms with Crippen LogP contribution in [0.15, 0.2) is 5.16 Å². The fraction of sp³-hybridized carbons (Fsp3) is 0.800. The molecule has 0 aromatic rings. The summed E-state index contributed by atoms with van der Waals surface area (Å²) in [7, 11) is 0. The zero-order valence-corrected chi connectivity index (χ0v) is 9.92. The first-order valence-corrected chi connectivity index (χ1v) is 5.54. The lowest BCUT2D eigenvalue weighted by molar-refractivity contribution is -0.139. The number of carbonyl (C=O) groups is 1. The molecular formula is C10H16F3N3O2. The Labute approximate surface area is 102 Å². The van der Waals surface area contributed by atoms with Crippen LogP contribution in [-0.2, 0) is 4.79 Å². The van der Waals surface area contributed by atoms with E-state index in [2.05, 4.69) is 10.5 Å². The largest absolute Gasteiger partial charge is 0.409 e. The van der Waals surface area contributed by atoms with Crippen molar-refractivity contribution in [1.82, 2.24) is 5.32 Å². The lowest BCUT2D eigenvalue weighted by Gasteiger charge is -2.43. The number of alkyl halides is 3. The normalized spacial score (nSPS) is 28.7. The third-order valence-electron chi connectivity index (χ3n) is 3.12. The SMILES string of the molecule is CC1CC(C(=O)NCCC(F)(F)F)(C(N)=NO)C1. The summed E-state index contributed by atoms with van der Waals surface area (Å²) < 4.78 is 35.8. The first-order valence-electron chi connectivity index (χ1n) is 5.54. The Balaban J connectivity index is 2.58. The van der Waals surface area contributed by atoms with E-state index in [1.807, 2.05) is 6.92 Å². The second-order valence-corrected chi connectivity index (χ2v) is 4.70. The summed E-state index contributed by atoms with van der Waals surface area (Å²) in [4.78, 5) is 11.8. The average Bonchev–Trinajstić information content (AvgIpc) is 2.21. The molecule has 0 aliphatic heterocycles. The lowest BCUT2D eigenvalue weighted by atomic mass is 9.61. The van der Waals surface area contributed by atoms with Gasteiger partial charge < -0.3 is 16.3 Å². The number of rotatable bonds is 4. The number of nitrogens with zero attached hydrogens (tertiary/aromatic N) is 1. The van der Waals surface area contributed by atoms with Gasteiger partial charge in [-0.25, -0.2) is 0 Å². The Hall–Kier alpha value is -1.47. The van der Waals surface area contributed by atoms with Gasteiger partial charge in [0, 0.05) is 6.54 Å². The minimum Gasteiger partial charge on any atom is -0.409 e. The van der Waals surface area contributed by atoms with Crippen molar-refractivity contribution in [1.29, 1.82) is 0 Å². The molecule has 0 unspecified atom stereocenters. The van der Waals surface area contributed by atoms with Crippen molar-refractivity contribution in [3.05, 3.63) is 0 Å². The van der Waals surface area contributed by atoms with Gasteiger partial charge >= 0.3 is 6.18 Å². The molecule has 1 aliphatic carbocycles. The highest BCUT2D eigenvalue weighted by Crippen LogP contribution is 2.45. The van der Waals surface area contributed by atoms with Crippen LogP contribution in [0.4, 0.5) is 13.2 Å². The predicted octanol–water partition coefficient (Wildman–Crippen LogP) is 1.22. The quantitative estimate of drug-likeness (QED) is 0.310. The topological polar surface area (TPSA) is 87.7 Å². The monoisotopic (exact) mass is 267 g/mol. The van der Waals surface area contributed by atoms with Gasteiger partial charge in [0.05, 0.1) is 6.42 Å². The van der Waals surface area contributed by atoms with Gasteiger partial charge in [-0.2, -0.15) is 13.2 Å². The minimum absolute atomic E-state index is 0.221. The maximum atomic E-state index is 11.9. The molecule has 5 nitrogen and oxygen atoms in total. The fourth-order valence-corrected chi connectivity index (χ4v) is 2.22. The van der Waals surface area contributed by atoms with Gasteiger partial charge in [0.2, 0.25) is 5.91 Å². The van der Waals surface area contributed by atoms with Crippen LogP contribution in [0.3, 0.4) is 0 Å². The summed E-state index contributed by atoms with van der Waals surface area (Å²) in [5.41, 5.74) is 4.30. The molecule has 0 atom stereocenters. The molecule has 1 fully saturated rings. The highest BCUT2D eigenvalue weighted by atomic mass is 19.4. The van der Waals surface area contributed by atoms with Crippen LogP contribution in [-0.4, -0.2) is 29.7 Å². The van der Waals surface area contributed by atoms with Crippen molar-refractivity contribution in [2.24, 2.45) is 22.2 Å². The number of amidine groups is 1. The maximum Gasteiger partial charge on any atom is 0.390 e. The van der Waals surface area contributed by atoms with Crippen LogP contribution in [0.2, 0.25) is 0 Å². The smallest absolute Gasteiger partial charge is 0.390 e. The summed E-state index contributed by atoms with van der Waals surface area (Å²) in [6.07, 6.45) is -4.66. The molecule has 1 saturated carbocycles. The van der Waals surface area contributed by atoms with Crippen molar-refractivity contribution >= 4 is 11.7 Å². The summed E-state index contributed by atoms with van der Waals surface area (Å²) in [5, 5.41) is 13.6. The average molecular weight is 267 g/mol. The van der Waals surface area contributed by atoms with E-state index in [9.17, 15) is 18.0 Å². The predicted molar refractivity (Wildman–Crippen MR) is 57.9 cm³/mol. The minimum atomic E-state index is -4.32. The van der Waals surface area contributed by atoms with E-state index < -0.39 is 30.5 Å². The lowest BCUT2D eigenvalue weighted by Crippen LogP contribution is -2.57. The van der Waals surface area contributed by atoms with E-state index >= 15 is 0 Å². The second kappa shape index (κ2) is 5.03. The number of halogens is 3. The van der Waals surface area contributed by atoms with Crippen LogP contribution < -0.4 is 11.1 Å². The maximum absolute atomic E-state index is 11.9. The van der Waals surface area contributed by atoms with Gasteiger partial charge in [-0.05, 0) is 18.8 Å². The third-order valence-corrected chi connectivity index (χ3v) is 3.12. The van der Waals surface area contributed by atoms with Gasteiger partial charge in [-0.3, -0.25) is 4.79 Å². The number of nitrogens with one attached hydrogen (secondary N) is 1. The zero-order valence-electron chi connectivity index (χ0n) is 9.92. The van der Waals surface area contributed by atoms with E-state index in [1.54, 1.807) is 0 Å². The van der Waals surface area contributed by atoms with Crippen LogP contribution in [0.25, 0.3) is 0 Å². The Kier molecular flexibility index (Phi) is 4.08. The number of carbonyl (C=O) groups excluding carboxylic acids is 1. The molecule has 0 saturated heterocycles. The number of oxime groups is 1. The van der Waals surface area contributed by atoms with Gasteiger partial charge in [0.15, 0.2) is 5.84 Å². The van der Waals surface area contributed by atoms with Gasteiger partial charge in [0.25, 0.3) is 0 Å². The van der Waals surface area contributed by atoms with Gasteiger partial charge in [-0.15, -0.1) is 0 Å². The van der Waals surface area contributed by atoms with E-state index in [4.69, 9.17) is 10.9 Å². The molecule has 0 bridgehead atoms. The highest BCUT2D eigenvalue weighted by molar-refractivity contribution is 6.07. The Morgan fingerprint density at radius 3 is 2.50 bits per heavy atom. The molecule has 0 aromatic heterocycles. The molecule has 18 heavy (non-hydrogen) atoms. The number of nitrogens with two attached hydrogens (primary N) is 1. The summed E-state index contributed by atoms with van der Waals surface area (Å²) in [6.45, 7) is 1.38. The number of hydrogen-bond donors (Lipinski definition) is 3. The molecule has 1 aliphatic rings. The first kappa shape index (κ1) is 14.6. The molecule has 1 amide bonds. The standard InChI is InChI=1S/C10H16F3N3O2/c1-6-4-9(5-6,7(14)16-18)8(17)15-3-2-10(11,12)13/h6,18H,2-5H2,1H3,(H2,14,16)(H,15,17). The molecular weight excluding hydrogens is 251 g/mol. The number of amides is 1. The zero-order chi connectivity index (χ0) is 14.0. The Morgan fingerprint density at radius 1 is 1.56 bits per heavy atom. The fourth-order valence-electron chi connectivity index (χ4n) is 2.22. The van der Waals surface area contributed by atoms with Gasteiger partial charge in [0.1, 0.15) is 5.41 Å². The van der Waals surface area contributed by atoms with E-state index in [0.717, 1.165) is 0 Å². The van der Waals surface area contributed by atoms with E-state index in [0.29, 0.717) is 12.8 Å².